The van der Waals surface area contributed by atoms with Crippen molar-refractivity contribution in [3.8, 4) is 11.5 Å². The van der Waals surface area contributed by atoms with Gasteiger partial charge in [-0.1, -0.05) is 12.1 Å². The average molecular weight is 248 g/mol. The van der Waals surface area contributed by atoms with Crippen LogP contribution in [0.2, 0.25) is 0 Å². The van der Waals surface area contributed by atoms with Gasteiger partial charge in [0.25, 0.3) is 0 Å². The number of carbonyl (C=O) groups is 1. The van der Waals surface area contributed by atoms with Crippen LogP contribution < -0.4 is 4.74 Å². The van der Waals surface area contributed by atoms with Crippen LogP contribution in [0.4, 0.5) is 8.78 Å². The van der Waals surface area contributed by atoms with Crippen LogP contribution in [0.5, 0.6) is 11.5 Å². The lowest BCUT2D eigenvalue weighted by atomic mass is 10.2. The van der Waals surface area contributed by atoms with E-state index in [4.69, 9.17) is 4.74 Å². The summed E-state index contributed by atoms with van der Waals surface area (Å²) in [7, 11) is 0. The van der Waals surface area contributed by atoms with E-state index >= 15 is 0 Å². The van der Waals surface area contributed by atoms with Gasteiger partial charge in [0, 0.05) is 5.56 Å². The van der Waals surface area contributed by atoms with Crippen molar-refractivity contribution >= 4 is 6.29 Å². The van der Waals surface area contributed by atoms with Crippen LogP contribution >= 0.6 is 0 Å². The molecule has 2 nitrogen and oxygen atoms in total. The lowest BCUT2D eigenvalue weighted by Gasteiger charge is -2.09. The molecule has 0 saturated carbocycles. The maximum absolute atomic E-state index is 13.7. The zero-order valence-electron chi connectivity index (χ0n) is 9.61. The first-order valence-corrected chi connectivity index (χ1v) is 5.29. The first kappa shape index (κ1) is 12.2. The molecule has 92 valence electrons. The minimum atomic E-state index is -0.708. The maximum Gasteiger partial charge on any atom is 0.168 e. The van der Waals surface area contributed by atoms with E-state index in [1.54, 1.807) is 19.1 Å². The zero-order valence-corrected chi connectivity index (χ0v) is 9.61. The molecule has 0 atom stereocenters. The lowest BCUT2D eigenvalue weighted by molar-refractivity contribution is 0.112. The van der Waals surface area contributed by atoms with Gasteiger partial charge in [-0.25, -0.2) is 8.78 Å². The molecule has 18 heavy (non-hydrogen) atoms. The van der Waals surface area contributed by atoms with Crippen molar-refractivity contribution in [1.29, 1.82) is 0 Å². The van der Waals surface area contributed by atoms with Crippen molar-refractivity contribution in [2.24, 2.45) is 0 Å². The number of aryl methyl sites for hydroxylation is 1. The zero-order chi connectivity index (χ0) is 13.1. The fraction of sp³-hybridized carbons (Fsp3) is 0.0714. The van der Waals surface area contributed by atoms with Crippen molar-refractivity contribution in [2.75, 3.05) is 0 Å². The van der Waals surface area contributed by atoms with E-state index in [1.165, 1.54) is 18.2 Å². The highest BCUT2D eigenvalue weighted by Crippen LogP contribution is 2.28. The van der Waals surface area contributed by atoms with Gasteiger partial charge < -0.3 is 4.74 Å². The first-order chi connectivity index (χ1) is 8.61. The van der Waals surface area contributed by atoms with E-state index < -0.39 is 11.6 Å². The van der Waals surface area contributed by atoms with Crippen LogP contribution in [0.3, 0.4) is 0 Å². The fourth-order valence-corrected chi connectivity index (χ4v) is 1.49. The Morgan fingerprint density at radius 3 is 2.56 bits per heavy atom. The highest BCUT2D eigenvalue weighted by atomic mass is 19.1. The monoisotopic (exact) mass is 248 g/mol. The van der Waals surface area contributed by atoms with E-state index in [-0.39, 0.29) is 17.1 Å². The standard InChI is InChI=1S/C14H10F2O2/c1-9-3-2-4-13(14(9)16)18-12-6-5-10(8-17)7-11(12)15/h2-8H,1H3. The predicted octanol–water partition coefficient (Wildman–Crippen LogP) is 3.88. The molecule has 2 aromatic carbocycles. The molecule has 0 aliphatic carbocycles. The second kappa shape index (κ2) is 4.96. The van der Waals surface area contributed by atoms with Crippen LogP contribution in [-0.2, 0) is 0 Å². The van der Waals surface area contributed by atoms with Crippen molar-refractivity contribution in [3.63, 3.8) is 0 Å². The summed E-state index contributed by atoms with van der Waals surface area (Å²) in [4.78, 5) is 10.5. The Balaban J connectivity index is 2.34. The molecule has 0 aliphatic heterocycles. The second-order valence-corrected chi connectivity index (χ2v) is 3.80. The second-order valence-electron chi connectivity index (χ2n) is 3.80. The molecule has 0 fully saturated rings. The van der Waals surface area contributed by atoms with Gasteiger partial charge in [0.2, 0.25) is 0 Å². The average Bonchev–Trinajstić information content (AvgIpc) is 2.37. The molecule has 0 radical (unpaired) electrons. The number of carbonyl (C=O) groups excluding carboxylic acids is 1. The number of rotatable bonds is 3. The Morgan fingerprint density at radius 2 is 1.89 bits per heavy atom. The highest BCUT2D eigenvalue weighted by molar-refractivity contribution is 5.75. The molecule has 2 aromatic rings. The van der Waals surface area contributed by atoms with Gasteiger partial charge in [0.1, 0.15) is 6.29 Å². The third-order valence-electron chi connectivity index (χ3n) is 2.47. The number of halogens is 2. The van der Waals surface area contributed by atoms with E-state index in [1.807, 2.05) is 0 Å². The minimum absolute atomic E-state index is 0.0484. The van der Waals surface area contributed by atoms with E-state index in [0.29, 0.717) is 11.8 Å². The number of hydrogen-bond acceptors (Lipinski definition) is 2. The molecule has 0 heterocycles. The SMILES string of the molecule is Cc1cccc(Oc2ccc(C=O)cc2F)c1F. The van der Waals surface area contributed by atoms with Gasteiger partial charge >= 0.3 is 0 Å². The summed E-state index contributed by atoms with van der Waals surface area (Å²) < 4.78 is 32.4. The smallest absolute Gasteiger partial charge is 0.168 e. The van der Waals surface area contributed by atoms with Crippen molar-refractivity contribution < 1.29 is 18.3 Å². The van der Waals surface area contributed by atoms with Crippen LogP contribution in [0.25, 0.3) is 0 Å². The van der Waals surface area contributed by atoms with Crippen LogP contribution in [0, 0.1) is 18.6 Å². The van der Waals surface area contributed by atoms with Crippen molar-refractivity contribution in [2.45, 2.75) is 6.92 Å². The molecule has 0 saturated heterocycles. The topological polar surface area (TPSA) is 26.3 Å². The normalized spacial score (nSPS) is 10.2. The summed E-state index contributed by atoms with van der Waals surface area (Å²) in [5.74, 6) is -1.41. The number of ether oxygens (including phenoxy) is 1. The largest absolute Gasteiger partial charge is 0.451 e. The molecule has 2 rings (SSSR count). The number of aldehydes is 1. The third kappa shape index (κ3) is 2.37. The molecular formula is C14H10F2O2. The van der Waals surface area contributed by atoms with Gasteiger partial charge in [-0.3, -0.25) is 4.79 Å². The van der Waals surface area contributed by atoms with Gasteiger partial charge in [0.05, 0.1) is 0 Å². The highest BCUT2D eigenvalue weighted by Gasteiger charge is 2.10. The van der Waals surface area contributed by atoms with Crippen LogP contribution in [0.15, 0.2) is 36.4 Å². The maximum atomic E-state index is 13.7. The Kier molecular flexibility index (Phi) is 3.37. The molecular weight excluding hydrogens is 238 g/mol. The molecule has 4 heteroatoms. The Labute approximate surface area is 103 Å². The Bertz CT molecular complexity index is 594. The fourth-order valence-electron chi connectivity index (χ4n) is 1.49. The van der Waals surface area contributed by atoms with Gasteiger partial charge in [-0.2, -0.15) is 0 Å². The Hall–Kier alpha value is -2.23. The van der Waals surface area contributed by atoms with Gasteiger partial charge in [-0.05, 0) is 36.8 Å². The molecule has 0 aliphatic rings. The van der Waals surface area contributed by atoms with E-state index in [0.717, 1.165) is 6.07 Å². The molecule has 0 unspecified atom stereocenters. The van der Waals surface area contributed by atoms with Crippen molar-refractivity contribution in [1.82, 2.24) is 0 Å². The van der Waals surface area contributed by atoms with Crippen LogP contribution in [-0.4, -0.2) is 6.29 Å². The summed E-state index contributed by atoms with van der Waals surface area (Å²) in [6.07, 6.45) is 0.528. The molecule has 0 aromatic heterocycles. The summed E-state index contributed by atoms with van der Waals surface area (Å²) in [5, 5.41) is 0. The summed E-state index contributed by atoms with van der Waals surface area (Å²) in [6.45, 7) is 1.59. The van der Waals surface area contributed by atoms with Gasteiger partial charge in [0.15, 0.2) is 23.1 Å². The molecule has 0 amide bonds. The number of hydrogen-bond donors (Lipinski definition) is 0. The first-order valence-electron chi connectivity index (χ1n) is 5.29. The van der Waals surface area contributed by atoms with E-state index in [9.17, 15) is 13.6 Å². The summed E-state index contributed by atoms with van der Waals surface area (Å²) >= 11 is 0. The lowest BCUT2D eigenvalue weighted by Crippen LogP contribution is -1.94. The quantitative estimate of drug-likeness (QED) is 0.770. The third-order valence-corrected chi connectivity index (χ3v) is 2.47. The van der Waals surface area contributed by atoms with Crippen molar-refractivity contribution in [3.05, 3.63) is 59.2 Å². The summed E-state index contributed by atoms with van der Waals surface area (Å²) in [6, 6.07) is 8.35. The molecule has 0 spiro atoms. The van der Waals surface area contributed by atoms with E-state index in [2.05, 4.69) is 0 Å². The predicted molar refractivity (Wildman–Crippen MR) is 63.0 cm³/mol. The molecule has 0 bridgehead atoms. The summed E-state index contributed by atoms with van der Waals surface area (Å²) in [5.41, 5.74) is 0.613. The van der Waals surface area contributed by atoms with Gasteiger partial charge in [-0.15, -0.1) is 0 Å². The van der Waals surface area contributed by atoms with Crippen LogP contribution in [0.1, 0.15) is 15.9 Å². The number of benzene rings is 2. The minimum Gasteiger partial charge on any atom is -0.451 e. The Morgan fingerprint density at radius 1 is 1.11 bits per heavy atom. The molecule has 0 N–H and O–H groups in total.